The molecule has 1 saturated heterocycles. The van der Waals surface area contributed by atoms with E-state index in [-0.39, 0.29) is 0 Å². The molecular weight excluding hydrogens is 304 g/mol. The van der Waals surface area contributed by atoms with Gasteiger partial charge in [0.1, 0.15) is 11.3 Å². The van der Waals surface area contributed by atoms with Crippen LogP contribution in [0.25, 0.3) is 11.0 Å². The monoisotopic (exact) mass is 326 g/mol. The highest BCUT2D eigenvalue weighted by atomic mass is 16.5. The Morgan fingerprint density at radius 3 is 3.08 bits per heavy atom. The highest BCUT2D eigenvalue weighted by Crippen LogP contribution is 2.19. The predicted octanol–water partition coefficient (Wildman–Crippen LogP) is 2.88. The van der Waals surface area contributed by atoms with Crippen molar-refractivity contribution < 1.29 is 8.94 Å². The summed E-state index contributed by atoms with van der Waals surface area (Å²) >= 11 is 0. The van der Waals surface area contributed by atoms with E-state index in [2.05, 4.69) is 32.5 Å². The van der Waals surface area contributed by atoms with Gasteiger partial charge in [-0.1, -0.05) is 23.4 Å². The number of fused-ring (bicyclic) bond motifs is 1. The highest BCUT2D eigenvalue weighted by Gasteiger charge is 2.21. The zero-order chi connectivity index (χ0) is 16.4. The molecule has 1 aliphatic rings. The summed E-state index contributed by atoms with van der Waals surface area (Å²) in [5, 5.41) is 8.77. The Balaban J connectivity index is 1.32. The molecule has 0 aliphatic carbocycles. The number of benzene rings is 1. The van der Waals surface area contributed by atoms with E-state index >= 15 is 0 Å². The number of furan rings is 1. The van der Waals surface area contributed by atoms with Gasteiger partial charge in [0, 0.05) is 24.9 Å². The van der Waals surface area contributed by atoms with E-state index in [1.807, 2.05) is 25.1 Å². The van der Waals surface area contributed by atoms with Crippen LogP contribution in [-0.4, -0.2) is 34.2 Å². The highest BCUT2D eigenvalue weighted by molar-refractivity contribution is 5.77. The lowest BCUT2D eigenvalue weighted by molar-refractivity contribution is 0.176. The van der Waals surface area contributed by atoms with E-state index in [0.29, 0.717) is 11.9 Å². The first-order chi connectivity index (χ1) is 11.8. The third-order valence-corrected chi connectivity index (χ3v) is 4.48. The van der Waals surface area contributed by atoms with Crippen LogP contribution in [0.15, 0.2) is 39.3 Å². The lowest BCUT2D eigenvalue weighted by atomic mass is 10.1. The van der Waals surface area contributed by atoms with Gasteiger partial charge < -0.3 is 14.3 Å². The maximum absolute atomic E-state index is 5.88. The largest absolute Gasteiger partial charge is 0.460 e. The molecule has 0 bridgehead atoms. The van der Waals surface area contributed by atoms with E-state index < -0.39 is 0 Å². The summed E-state index contributed by atoms with van der Waals surface area (Å²) in [7, 11) is 0. The van der Waals surface area contributed by atoms with Gasteiger partial charge in [-0.05, 0) is 31.5 Å². The van der Waals surface area contributed by atoms with Crippen molar-refractivity contribution in [1.82, 2.24) is 20.4 Å². The van der Waals surface area contributed by atoms with Gasteiger partial charge in [0.2, 0.25) is 5.89 Å². The van der Waals surface area contributed by atoms with Crippen LogP contribution >= 0.6 is 0 Å². The first-order valence-corrected chi connectivity index (χ1v) is 8.48. The molecule has 24 heavy (non-hydrogen) atoms. The van der Waals surface area contributed by atoms with Crippen LogP contribution in [0, 0.1) is 6.92 Å². The minimum absolute atomic E-state index is 0.458. The van der Waals surface area contributed by atoms with Crippen LogP contribution in [0.5, 0.6) is 0 Å². The molecule has 6 heteroatoms. The van der Waals surface area contributed by atoms with E-state index in [9.17, 15) is 0 Å². The van der Waals surface area contributed by atoms with Crippen LogP contribution in [0.3, 0.4) is 0 Å². The second kappa shape index (κ2) is 6.75. The van der Waals surface area contributed by atoms with Crippen molar-refractivity contribution >= 4 is 11.0 Å². The van der Waals surface area contributed by atoms with Crippen molar-refractivity contribution in [2.45, 2.75) is 38.9 Å². The Morgan fingerprint density at radius 1 is 1.33 bits per heavy atom. The number of aryl methyl sites for hydroxylation is 1. The molecule has 2 aromatic heterocycles. The summed E-state index contributed by atoms with van der Waals surface area (Å²) in [4.78, 5) is 6.67. The minimum Gasteiger partial charge on any atom is -0.460 e. The summed E-state index contributed by atoms with van der Waals surface area (Å²) in [5.74, 6) is 2.38. The van der Waals surface area contributed by atoms with Crippen LogP contribution < -0.4 is 5.32 Å². The number of rotatable bonds is 5. The van der Waals surface area contributed by atoms with Crippen molar-refractivity contribution in [3.05, 3.63) is 47.8 Å². The van der Waals surface area contributed by atoms with Crippen LogP contribution in [-0.2, 0) is 13.1 Å². The second-order valence-electron chi connectivity index (χ2n) is 6.44. The molecule has 1 atom stereocenters. The van der Waals surface area contributed by atoms with E-state index in [1.54, 1.807) is 0 Å². The Hall–Kier alpha value is -2.18. The van der Waals surface area contributed by atoms with Crippen LogP contribution in [0.4, 0.5) is 0 Å². The number of piperidine rings is 1. The Bertz CT molecular complexity index is 777. The quantitative estimate of drug-likeness (QED) is 0.777. The predicted molar refractivity (Wildman–Crippen MR) is 90.4 cm³/mol. The molecule has 0 radical (unpaired) electrons. The molecule has 1 N–H and O–H groups in total. The molecule has 3 aromatic rings. The number of likely N-dealkylation sites (tertiary alicyclic amines) is 1. The number of nitrogens with zero attached hydrogens (tertiary/aromatic N) is 3. The fraction of sp³-hybridized carbons (Fsp3) is 0.444. The molecular formula is C18H22N4O2. The molecule has 1 fully saturated rings. The molecule has 0 saturated carbocycles. The third-order valence-electron chi connectivity index (χ3n) is 4.48. The van der Waals surface area contributed by atoms with Gasteiger partial charge >= 0.3 is 0 Å². The maximum atomic E-state index is 5.88. The van der Waals surface area contributed by atoms with Gasteiger partial charge in [-0.3, -0.25) is 4.90 Å². The Morgan fingerprint density at radius 2 is 2.25 bits per heavy atom. The second-order valence-corrected chi connectivity index (χ2v) is 6.44. The molecule has 0 amide bonds. The summed E-state index contributed by atoms with van der Waals surface area (Å²) in [6.07, 6.45) is 2.36. The van der Waals surface area contributed by atoms with E-state index in [1.165, 1.54) is 12.8 Å². The van der Waals surface area contributed by atoms with Crippen molar-refractivity contribution in [3.63, 3.8) is 0 Å². The summed E-state index contributed by atoms with van der Waals surface area (Å²) in [6, 6.07) is 10.7. The van der Waals surface area contributed by atoms with Crippen LogP contribution in [0.2, 0.25) is 0 Å². The number of para-hydroxylation sites is 1. The maximum Gasteiger partial charge on any atom is 0.223 e. The fourth-order valence-electron chi connectivity index (χ4n) is 3.34. The molecule has 1 aliphatic heterocycles. The number of hydrogen-bond donors (Lipinski definition) is 1. The zero-order valence-electron chi connectivity index (χ0n) is 13.9. The molecule has 4 rings (SSSR count). The van der Waals surface area contributed by atoms with Crippen molar-refractivity contribution in [1.29, 1.82) is 0 Å². The van der Waals surface area contributed by atoms with Crippen molar-refractivity contribution in [3.8, 4) is 0 Å². The fourth-order valence-corrected chi connectivity index (χ4v) is 3.34. The average molecular weight is 326 g/mol. The lowest BCUT2D eigenvalue weighted by Crippen LogP contribution is -2.45. The number of hydrogen-bond acceptors (Lipinski definition) is 6. The average Bonchev–Trinajstić information content (AvgIpc) is 3.19. The van der Waals surface area contributed by atoms with Gasteiger partial charge in [-0.15, -0.1) is 0 Å². The van der Waals surface area contributed by atoms with Crippen molar-refractivity contribution in [2.24, 2.45) is 0 Å². The van der Waals surface area contributed by atoms with E-state index in [0.717, 1.165) is 48.7 Å². The summed E-state index contributed by atoms with van der Waals surface area (Å²) in [5.41, 5.74) is 0.951. The summed E-state index contributed by atoms with van der Waals surface area (Å²) in [6.45, 7) is 5.41. The van der Waals surface area contributed by atoms with Gasteiger partial charge in [0.25, 0.3) is 0 Å². The number of aromatic nitrogens is 2. The van der Waals surface area contributed by atoms with Crippen LogP contribution in [0.1, 0.15) is 30.3 Å². The smallest absolute Gasteiger partial charge is 0.223 e. The number of nitrogens with one attached hydrogen (secondary N) is 1. The Kier molecular flexibility index (Phi) is 4.32. The molecule has 6 nitrogen and oxygen atoms in total. The van der Waals surface area contributed by atoms with Gasteiger partial charge in [-0.25, -0.2) is 0 Å². The topological polar surface area (TPSA) is 67.3 Å². The SMILES string of the molecule is Cc1nc(CN2CCCC(NCc3cc4ccccc4o3)C2)no1. The molecule has 3 heterocycles. The molecule has 1 unspecified atom stereocenters. The Labute approximate surface area is 140 Å². The molecule has 0 spiro atoms. The first-order valence-electron chi connectivity index (χ1n) is 8.48. The molecule has 1 aromatic carbocycles. The minimum atomic E-state index is 0.458. The van der Waals surface area contributed by atoms with Crippen molar-refractivity contribution in [2.75, 3.05) is 13.1 Å². The summed E-state index contributed by atoms with van der Waals surface area (Å²) < 4.78 is 10.9. The zero-order valence-corrected chi connectivity index (χ0v) is 13.9. The van der Waals surface area contributed by atoms with E-state index in [4.69, 9.17) is 8.94 Å². The lowest BCUT2D eigenvalue weighted by Gasteiger charge is -2.32. The first kappa shape index (κ1) is 15.4. The van der Waals surface area contributed by atoms with Gasteiger partial charge in [0.15, 0.2) is 5.82 Å². The van der Waals surface area contributed by atoms with Gasteiger partial charge in [-0.2, -0.15) is 4.98 Å². The standard InChI is InChI=1S/C18H22N4O2/c1-13-20-18(21-24-13)12-22-8-4-6-15(11-22)19-10-16-9-14-5-2-3-7-17(14)23-16/h2-3,5,7,9,15,19H,4,6,8,10-12H2,1H3. The molecule has 126 valence electrons. The normalized spacial score (nSPS) is 19.1. The third kappa shape index (κ3) is 3.49. The van der Waals surface area contributed by atoms with Gasteiger partial charge in [0.05, 0.1) is 13.1 Å².